The van der Waals surface area contributed by atoms with Gasteiger partial charge >= 0.3 is 11.7 Å². The van der Waals surface area contributed by atoms with E-state index in [4.69, 9.17) is 10.5 Å². The molecule has 1 saturated heterocycles. The lowest BCUT2D eigenvalue weighted by Gasteiger charge is -2.14. The van der Waals surface area contributed by atoms with E-state index in [9.17, 15) is 31.1 Å². The first-order valence-electron chi connectivity index (χ1n) is 9.59. The second-order valence-electron chi connectivity index (χ2n) is 6.88. The van der Waals surface area contributed by atoms with Gasteiger partial charge in [0.2, 0.25) is 0 Å². The number of piperidine rings is 1. The second-order valence-corrected chi connectivity index (χ2v) is 6.88. The summed E-state index contributed by atoms with van der Waals surface area (Å²) in [5, 5.41) is 5.53. The molecule has 3 aromatic rings. The predicted molar refractivity (Wildman–Crippen MR) is 109 cm³/mol. The van der Waals surface area contributed by atoms with E-state index in [1.807, 2.05) is 0 Å². The van der Waals surface area contributed by atoms with Gasteiger partial charge in [0.05, 0.1) is 13.3 Å². The Balaban J connectivity index is 0.000000264. The first-order chi connectivity index (χ1) is 15.4. The normalized spacial score (nSPS) is 14.2. The van der Waals surface area contributed by atoms with E-state index in [0.717, 1.165) is 13.1 Å². The molecular weight excluding hydrogens is 458 g/mol. The molecule has 1 aliphatic rings. The van der Waals surface area contributed by atoms with Crippen LogP contribution in [0.15, 0.2) is 23.1 Å². The third-order valence-electron chi connectivity index (χ3n) is 4.17. The molecule has 4 N–H and O–H groups in total. The smallest absolute Gasteiger partial charge is 0.386 e. The summed E-state index contributed by atoms with van der Waals surface area (Å²) in [5.41, 5.74) is 5.04. The number of alkyl halides is 4. The number of fused-ring (bicyclic) bond motifs is 1. The predicted octanol–water partition coefficient (Wildman–Crippen LogP) is 3.23. The van der Waals surface area contributed by atoms with Crippen LogP contribution in [0, 0.1) is 11.6 Å². The molecule has 0 saturated carbocycles. The van der Waals surface area contributed by atoms with Gasteiger partial charge in [-0.25, -0.2) is 27.7 Å². The van der Waals surface area contributed by atoms with E-state index in [1.165, 1.54) is 23.9 Å². The van der Waals surface area contributed by atoms with Crippen molar-refractivity contribution in [2.45, 2.75) is 32.1 Å². The molecule has 4 rings (SSSR count). The minimum atomic E-state index is -4.00. The summed E-state index contributed by atoms with van der Waals surface area (Å²) in [5.74, 6) is -2.26. The van der Waals surface area contributed by atoms with Gasteiger partial charge in [0.25, 0.3) is 0 Å². The van der Waals surface area contributed by atoms with E-state index < -0.39 is 35.4 Å². The molecule has 1 aliphatic heterocycles. The van der Waals surface area contributed by atoms with Crippen LogP contribution in [0.2, 0.25) is 0 Å². The molecule has 182 valence electrons. The van der Waals surface area contributed by atoms with Crippen molar-refractivity contribution in [2.24, 2.45) is 0 Å². The third-order valence-corrected chi connectivity index (χ3v) is 4.17. The number of ether oxygens (including phenoxy) is 1. The van der Waals surface area contributed by atoms with Gasteiger partial charge in [0.1, 0.15) is 17.6 Å². The highest BCUT2D eigenvalue weighted by molar-refractivity contribution is 5.62. The van der Waals surface area contributed by atoms with Crippen LogP contribution in [0.25, 0.3) is 17.0 Å². The zero-order valence-corrected chi connectivity index (χ0v) is 17.6. The number of H-pyrrole nitrogens is 1. The highest BCUT2D eigenvalue weighted by Crippen LogP contribution is 2.24. The van der Waals surface area contributed by atoms with E-state index in [1.54, 1.807) is 0 Å². The number of anilines is 1. The van der Waals surface area contributed by atoms with Crippen LogP contribution in [0.4, 0.5) is 32.2 Å². The Morgan fingerprint density at radius 2 is 1.79 bits per heavy atom. The van der Waals surface area contributed by atoms with Crippen molar-refractivity contribution in [3.05, 3.63) is 40.3 Å². The molecule has 3 aromatic heterocycles. The van der Waals surface area contributed by atoms with Gasteiger partial charge in [0.15, 0.2) is 28.8 Å². The number of hydrogen-bond donors (Lipinski definition) is 3. The summed E-state index contributed by atoms with van der Waals surface area (Å²) in [6, 6.07) is 2.01. The standard InChI is InChI=1S/C12H9F2N5O2.C5H10FN.C2H3F3/c1-21-8-3-9-16-4-7(19(9)18-12(8)20)10-5(13)2-6(14)11(15)17-10;6-5-1-3-7-4-2-5;1-2(3,4)5/h2-4H,1H3,(H2,15,17)(H,18,20);5,7H,1-4H2;1H3. The van der Waals surface area contributed by atoms with Crippen LogP contribution in [0.5, 0.6) is 5.75 Å². The number of rotatable bonds is 2. The van der Waals surface area contributed by atoms with Gasteiger partial charge in [-0.05, 0) is 25.9 Å². The summed E-state index contributed by atoms with van der Waals surface area (Å²) >= 11 is 0. The number of halogens is 6. The van der Waals surface area contributed by atoms with Crippen LogP contribution in [-0.2, 0) is 0 Å². The summed E-state index contributed by atoms with van der Waals surface area (Å²) in [4.78, 5) is 19.4. The lowest BCUT2D eigenvalue weighted by atomic mass is 10.1. The van der Waals surface area contributed by atoms with Gasteiger partial charge in [-0.1, -0.05) is 0 Å². The monoisotopic (exact) mass is 480 g/mol. The molecule has 0 bridgehead atoms. The fourth-order valence-corrected chi connectivity index (χ4v) is 2.69. The van der Waals surface area contributed by atoms with Crippen molar-refractivity contribution in [2.75, 3.05) is 25.9 Å². The Hall–Kier alpha value is -3.29. The first-order valence-corrected chi connectivity index (χ1v) is 9.59. The number of pyridine rings is 1. The fraction of sp³-hybridized carbons (Fsp3) is 0.421. The molecule has 0 spiro atoms. The van der Waals surface area contributed by atoms with E-state index in [-0.39, 0.29) is 24.1 Å². The summed E-state index contributed by atoms with van der Waals surface area (Å²) in [6.45, 7) is 1.91. The number of aromatic amines is 1. The number of nitrogens with two attached hydrogens (primary N) is 1. The van der Waals surface area contributed by atoms with Crippen LogP contribution in [-0.4, -0.2) is 52.1 Å². The highest BCUT2D eigenvalue weighted by atomic mass is 19.4. The highest BCUT2D eigenvalue weighted by Gasteiger charge is 2.17. The van der Waals surface area contributed by atoms with Crippen LogP contribution in [0.1, 0.15) is 19.8 Å². The van der Waals surface area contributed by atoms with Crippen molar-refractivity contribution in [3.8, 4) is 17.1 Å². The minimum absolute atomic E-state index is 0.0618. The van der Waals surface area contributed by atoms with Gasteiger partial charge < -0.3 is 15.8 Å². The van der Waals surface area contributed by atoms with Crippen LogP contribution in [0.3, 0.4) is 0 Å². The second kappa shape index (κ2) is 11.0. The molecule has 0 aliphatic carbocycles. The summed E-state index contributed by atoms with van der Waals surface area (Å²) in [7, 11) is 1.34. The van der Waals surface area contributed by atoms with Crippen molar-refractivity contribution in [1.29, 1.82) is 0 Å². The number of hydrogen-bond acceptors (Lipinski definition) is 6. The fourth-order valence-electron chi connectivity index (χ4n) is 2.69. The molecule has 0 aromatic carbocycles. The zero-order valence-electron chi connectivity index (χ0n) is 17.6. The molecule has 0 atom stereocenters. The topological polar surface area (TPSA) is 110 Å². The molecule has 33 heavy (non-hydrogen) atoms. The average molecular weight is 480 g/mol. The maximum atomic E-state index is 13.9. The molecule has 14 heteroatoms. The quantitative estimate of drug-likeness (QED) is 0.486. The van der Waals surface area contributed by atoms with Crippen molar-refractivity contribution < 1.29 is 31.1 Å². The van der Waals surface area contributed by atoms with E-state index in [0.29, 0.717) is 24.6 Å². The van der Waals surface area contributed by atoms with Crippen molar-refractivity contribution in [1.82, 2.24) is 24.9 Å². The Labute approximate surface area is 183 Å². The minimum Gasteiger partial charge on any atom is -0.491 e. The molecule has 0 amide bonds. The molecule has 8 nitrogen and oxygen atoms in total. The Kier molecular flexibility index (Phi) is 8.68. The van der Waals surface area contributed by atoms with E-state index >= 15 is 0 Å². The Morgan fingerprint density at radius 3 is 2.30 bits per heavy atom. The molecule has 0 unspecified atom stereocenters. The molecule has 1 fully saturated rings. The SMILES string of the molecule is CC(F)(F)F.COc1cc2ncc(-c3nc(N)c(F)cc3F)n2[nH]c1=O.FC1CCNCC1. The average Bonchev–Trinajstić information content (AvgIpc) is 3.12. The number of nitrogens with zero attached hydrogens (tertiary/aromatic N) is 3. The molecule has 0 radical (unpaired) electrons. The number of nitrogens with one attached hydrogen (secondary N) is 2. The number of imidazole rings is 1. The Morgan fingerprint density at radius 1 is 1.18 bits per heavy atom. The third kappa shape index (κ3) is 7.66. The molecule has 4 heterocycles. The van der Waals surface area contributed by atoms with Crippen LogP contribution < -0.4 is 21.3 Å². The largest absolute Gasteiger partial charge is 0.491 e. The van der Waals surface area contributed by atoms with Gasteiger partial charge in [-0.3, -0.25) is 9.89 Å². The van der Waals surface area contributed by atoms with Crippen LogP contribution >= 0.6 is 0 Å². The van der Waals surface area contributed by atoms with Gasteiger partial charge in [-0.2, -0.15) is 13.2 Å². The lowest BCUT2D eigenvalue weighted by molar-refractivity contribution is -0.110. The summed E-state index contributed by atoms with van der Waals surface area (Å²) in [6.07, 6.45) is -1.82. The first kappa shape index (κ1) is 26.0. The lowest BCUT2D eigenvalue weighted by Crippen LogP contribution is -2.28. The maximum Gasteiger partial charge on any atom is 0.386 e. The summed E-state index contributed by atoms with van der Waals surface area (Å²) < 4.78 is 76.3. The number of aromatic nitrogens is 4. The van der Waals surface area contributed by atoms with Gasteiger partial charge in [-0.15, -0.1) is 0 Å². The maximum absolute atomic E-state index is 13.9. The number of methoxy groups -OCH3 is 1. The Bertz CT molecular complexity index is 1120. The van der Waals surface area contributed by atoms with Crippen molar-refractivity contribution in [3.63, 3.8) is 0 Å². The van der Waals surface area contributed by atoms with Gasteiger partial charge in [0, 0.05) is 19.1 Å². The van der Waals surface area contributed by atoms with Crippen molar-refractivity contribution >= 4 is 11.5 Å². The molecular formula is C19H22F6N6O2. The van der Waals surface area contributed by atoms with E-state index in [2.05, 4.69) is 20.4 Å². The number of nitrogen functional groups attached to an aromatic ring is 1. The zero-order chi connectivity index (χ0) is 24.8.